The van der Waals surface area contributed by atoms with E-state index in [-0.39, 0.29) is 24.2 Å². The Balaban J connectivity index is 1.57. The average molecular weight is 402 g/mol. The molecular formula is C16H17F3N4O3S. The largest absolute Gasteiger partial charge is 0.417 e. The summed E-state index contributed by atoms with van der Waals surface area (Å²) in [5, 5.41) is 2.34. The van der Waals surface area contributed by atoms with Crippen LogP contribution in [0.25, 0.3) is 0 Å². The summed E-state index contributed by atoms with van der Waals surface area (Å²) in [7, 11) is 0. The Bertz CT molecular complexity index is 725. The molecule has 2 aliphatic rings. The Hall–Kier alpha value is -2.30. The molecule has 1 N–H and O–H groups in total. The molecule has 0 aromatic carbocycles. The van der Waals surface area contributed by atoms with Crippen LogP contribution in [-0.2, 0) is 15.8 Å². The van der Waals surface area contributed by atoms with Crippen molar-refractivity contribution in [3.8, 4) is 0 Å². The monoisotopic (exact) mass is 402 g/mol. The summed E-state index contributed by atoms with van der Waals surface area (Å²) in [6.45, 7) is 0.685. The molecular weight excluding hydrogens is 385 g/mol. The maximum atomic E-state index is 12.6. The molecule has 2 saturated heterocycles. The highest BCUT2D eigenvalue weighted by molar-refractivity contribution is 8.14. The predicted molar refractivity (Wildman–Crippen MR) is 92.2 cm³/mol. The minimum absolute atomic E-state index is 0.0446. The Kier molecular flexibility index (Phi) is 5.59. The van der Waals surface area contributed by atoms with Crippen molar-refractivity contribution in [2.75, 3.05) is 30.3 Å². The number of thioether (sulfide) groups is 1. The normalized spacial score (nSPS) is 20.9. The number of anilines is 1. The van der Waals surface area contributed by atoms with Gasteiger partial charge < -0.3 is 10.2 Å². The number of amides is 3. The molecule has 0 bridgehead atoms. The van der Waals surface area contributed by atoms with Crippen molar-refractivity contribution in [1.82, 2.24) is 15.2 Å². The molecule has 3 amide bonds. The second-order valence-corrected chi connectivity index (χ2v) is 7.22. The second kappa shape index (κ2) is 7.75. The van der Waals surface area contributed by atoms with Crippen molar-refractivity contribution in [1.29, 1.82) is 0 Å². The first-order valence-corrected chi connectivity index (χ1v) is 9.27. The lowest BCUT2D eigenvalue weighted by Gasteiger charge is -2.34. The fourth-order valence-corrected chi connectivity index (χ4v) is 3.72. The molecule has 7 nitrogen and oxygen atoms in total. The van der Waals surface area contributed by atoms with E-state index in [4.69, 9.17) is 0 Å². The molecule has 1 atom stereocenters. The Morgan fingerprint density at radius 3 is 2.70 bits per heavy atom. The Morgan fingerprint density at radius 2 is 2.11 bits per heavy atom. The lowest BCUT2D eigenvalue weighted by Crippen LogP contribution is -2.50. The number of nitrogens with zero attached hydrogens (tertiary/aromatic N) is 3. The first-order chi connectivity index (χ1) is 12.7. The highest BCUT2D eigenvalue weighted by atomic mass is 32.2. The maximum Gasteiger partial charge on any atom is 0.417 e. The fraction of sp³-hybridized carbons (Fsp3) is 0.500. The molecule has 2 fully saturated rings. The van der Waals surface area contributed by atoms with Gasteiger partial charge in [0, 0.05) is 25.3 Å². The third-order valence-electron chi connectivity index (χ3n) is 4.33. The smallest absolute Gasteiger partial charge is 0.355 e. The van der Waals surface area contributed by atoms with E-state index < -0.39 is 22.9 Å². The number of carbonyl (C=O) groups excluding carboxylic acids is 3. The number of rotatable bonds is 4. The van der Waals surface area contributed by atoms with E-state index in [1.165, 1.54) is 6.07 Å². The summed E-state index contributed by atoms with van der Waals surface area (Å²) in [5.41, 5.74) is -0.814. The summed E-state index contributed by atoms with van der Waals surface area (Å²) >= 11 is 0.863. The number of piperidine rings is 1. The SMILES string of the molecule is O=C(CN1C(=O)CSC1=O)N[C@@H]1CCCN(c2ccc(C(F)(F)F)cn2)C1. The lowest BCUT2D eigenvalue weighted by atomic mass is 10.1. The third kappa shape index (κ3) is 4.71. The predicted octanol–water partition coefficient (Wildman–Crippen LogP) is 1.88. The van der Waals surface area contributed by atoms with E-state index in [1.54, 1.807) is 4.90 Å². The van der Waals surface area contributed by atoms with Crippen LogP contribution in [-0.4, -0.2) is 58.4 Å². The minimum atomic E-state index is -4.44. The van der Waals surface area contributed by atoms with Crippen LogP contribution >= 0.6 is 11.8 Å². The quantitative estimate of drug-likeness (QED) is 0.828. The van der Waals surface area contributed by atoms with Crippen molar-refractivity contribution in [2.24, 2.45) is 0 Å². The van der Waals surface area contributed by atoms with Gasteiger partial charge in [0.25, 0.3) is 5.24 Å². The number of hydrogen-bond donors (Lipinski definition) is 1. The number of pyridine rings is 1. The third-order valence-corrected chi connectivity index (χ3v) is 5.19. The molecule has 0 aliphatic carbocycles. The zero-order chi connectivity index (χ0) is 19.6. The zero-order valence-electron chi connectivity index (χ0n) is 14.2. The Morgan fingerprint density at radius 1 is 1.33 bits per heavy atom. The number of carbonyl (C=O) groups is 3. The molecule has 3 heterocycles. The highest BCUT2D eigenvalue weighted by Crippen LogP contribution is 2.29. The number of aromatic nitrogens is 1. The van der Waals surface area contributed by atoms with Crippen LogP contribution in [0, 0.1) is 0 Å². The lowest BCUT2D eigenvalue weighted by molar-refractivity contribution is -0.137. The molecule has 2 aliphatic heterocycles. The van der Waals surface area contributed by atoms with Gasteiger partial charge in [-0.25, -0.2) is 4.98 Å². The minimum Gasteiger partial charge on any atom is -0.355 e. The van der Waals surface area contributed by atoms with Crippen LogP contribution in [0.15, 0.2) is 18.3 Å². The van der Waals surface area contributed by atoms with Gasteiger partial charge in [0.2, 0.25) is 11.8 Å². The van der Waals surface area contributed by atoms with Gasteiger partial charge in [-0.15, -0.1) is 0 Å². The summed E-state index contributed by atoms with van der Waals surface area (Å²) < 4.78 is 37.9. The van der Waals surface area contributed by atoms with Gasteiger partial charge in [0.1, 0.15) is 12.4 Å². The zero-order valence-corrected chi connectivity index (χ0v) is 15.0. The molecule has 1 aromatic rings. The maximum absolute atomic E-state index is 12.6. The van der Waals surface area contributed by atoms with Crippen molar-refractivity contribution in [3.05, 3.63) is 23.9 Å². The van der Waals surface area contributed by atoms with E-state index in [9.17, 15) is 27.6 Å². The number of halogens is 3. The molecule has 0 radical (unpaired) electrons. The molecule has 0 spiro atoms. The van der Waals surface area contributed by atoms with Crippen LogP contribution < -0.4 is 10.2 Å². The number of nitrogens with one attached hydrogen (secondary N) is 1. The van der Waals surface area contributed by atoms with Crippen molar-refractivity contribution < 1.29 is 27.6 Å². The molecule has 0 unspecified atom stereocenters. The van der Waals surface area contributed by atoms with Gasteiger partial charge in [0.05, 0.1) is 11.3 Å². The van der Waals surface area contributed by atoms with E-state index in [0.717, 1.165) is 35.3 Å². The first kappa shape index (κ1) is 19.5. The van der Waals surface area contributed by atoms with E-state index in [0.29, 0.717) is 25.3 Å². The summed E-state index contributed by atoms with van der Waals surface area (Å²) in [4.78, 5) is 41.8. The van der Waals surface area contributed by atoms with Crippen LogP contribution in [0.2, 0.25) is 0 Å². The molecule has 11 heteroatoms. The Labute approximate surface area is 157 Å². The van der Waals surface area contributed by atoms with Crippen LogP contribution in [0.1, 0.15) is 18.4 Å². The van der Waals surface area contributed by atoms with Gasteiger partial charge in [0.15, 0.2) is 0 Å². The highest BCUT2D eigenvalue weighted by Gasteiger charge is 2.33. The summed E-state index contributed by atoms with van der Waals surface area (Å²) in [6, 6.07) is 2.05. The average Bonchev–Trinajstić information content (AvgIpc) is 2.93. The molecule has 27 heavy (non-hydrogen) atoms. The topological polar surface area (TPSA) is 82.6 Å². The number of alkyl halides is 3. The van der Waals surface area contributed by atoms with Gasteiger partial charge >= 0.3 is 6.18 Å². The fourth-order valence-electron chi connectivity index (χ4n) is 2.99. The van der Waals surface area contributed by atoms with Crippen LogP contribution in [0.5, 0.6) is 0 Å². The van der Waals surface area contributed by atoms with Crippen molar-refractivity contribution >= 4 is 34.6 Å². The molecule has 3 rings (SSSR count). The molecule has 146 valence electrons. The summed E-state index contributed by atoms with van der Waals surface area (Å²) in [5.74, 6) is -0.378. The number of hydrogen-bond acceptors (Lipinski definition) is 6. The standard InChI is InChI=1S/C16H17F3N4O3S/c17-16(18,19)10-3-4-12(20-6-10)22-5-1-2-11(7-22)21-13(24)8-23-14(25)9-27-15(23)26/h3-4,6,11H,1-2,5,7-9H2,(H,21,24)/t11-/m1/s1. The summed E-state index contributed by atoms with van der Waals surface area (Å²) in [6.07, 6.45) is -2.23. The van der Waals surface area contributed by atoms with Gasteiger partial charge in [-0.05, 0) is 25.0 Å². The van der Waals surface area contributed by atoms with Crippen molar-refractivity contribution in [3.63, 3.8) is 0 Å². The molecule has 1 aromatic heterocycles. The number of imide groups is 1. The second-order valence-electron chi connectivity index (χ2n) is 6.29. The van der Waals surface area contributed by atoms with Gasteiger partial charge in [-0.3, -0.25) is 19.3 Å². The van der Waals surface area contributed by atoms with Gasteiger partial charge in [-0.2, -0.15) is 13.2 Å². The van der Waals surface area contributed by atoms with E-state index in [1.807, 2.05) is 0 Å². The van der Waals surface area contributed by atoms with E-state index in [2.05, 4.69) is 10.3 Å². The van der Waals surface area contributed by atoms with Crippen LogP contribution in [0.3, 0.4) is 0 Å². The van der Waals surface area contributed by atoms with Crippen LogP contribution in [0.4, 0.5) is 23.8 Å². The first-order valence-electron chi connectivity index (χ1n) is 8.29. The van der Waals surface area contributed by atoms with Gasteiger partial charge in [-0.1, -0.05) is 11.8 Å². The van der Waals surface area contributed by atoms with Crippen molar-refractivity contribution in [2.45, 2.75) is 25.1 Å². The molecule has 0 saturated carbocycles. The van der Waals surface area contributed by atoms with E-state index >= 15 is 0 Å².